The number of nitrogens with one attached hydrogen (secondary N) is 2. The number of nitrogens with zero attached hydrogens (tertiary/aromatic N) is 1. The lowest BCUT2D eigenvalue weighted by molar-refractivity contribution is -0.117. The van der Waals surface area contributed by atoms with Crippen LogP contribution in [0.2, 0.25) is 0 Å². The van der Waals surface area contributed by atoms with Gasteiger partial charge >= 0.3 is 0 Å². The molecule has 0 spiro atoms. The van der Waals surface area contributed by atoms with E-state index in [1.807, 2.05) is 18.2 Å². The third kappa shape index (κ3) is 1.87. The molecule has 3 heterocycles. The summed E-state index contributed by atoms with van der Waals surface area (Å²) in [6.07, 6.45) is 3.82. The van der Waals surface area contributed by atoms with Crippen LogP contribution in [0.1, 0.15) is 5.69 Å². The molecule has 1 aliphatic heterocycles. The summed E-state index contributed by atoms with van der Waals surface area (Å²) < 4.78 is 5.11. The third-order valence-electron chi connectivity index (χ3n) is 2.69. The van der Waals surface area contributed by atoms with Crippen LogP contribution >= 0.6 is 0 Å². The molecule has 3 rings (SSSR count). The average Bonchev–Trinajstić information content (AvgIpc) is 2.78. The molecule has 0 aromatic carbocycles. The second-order valence-corrected chi connectivity index (χ2v) is 3.87. The molecule has 0 fully saturated rings. The van der Waals surface area contributed by atoms with Gasteiger partial charge in [-0.15, -0.1) is 0 Å². The lowest BCUT2D eigenvalue weighted by Crippen LogP contribution is -2.40. The van der Waals surface area contributed by atoms with Crippen LogP contribution in [-0.2, 0) is 11.2 Å². The lowest BCUT2D eigenvalue weighted by Gasteiger charge is -2.23. The van der Waals surface area contributed by atoms with Crippen molar-refractivity contribution >= 4 is 17.5 Å². The third-order valence-corrected chi connectivity index (χ3v) is 2.69. The molecule has 0 radical (unpaired) electrons. The summed E-state index contributed by atoms with van der Waals surface area (Å²) in [5.41, 5.74) is 1.69. The maximum Gasteiger partial charge on any atom is 0.249 e. The first-order valence-corrected chi connectivity index (χ1v) is 5.38. The first-order valence-electron chi connectivity index (χ1n) is 5.38. The normalized spacial score (nSPS) is 18.1. The predicted octanol–water partition coefficient (Wildman–Crippen LogP) is 1.65. The number of hydrogen-bond donors (Lipinski definition) is 2. The number of anilines is 2. The molecule has 2 N–H and O–H groups in total. The molecular formula is C12H11N3O2. The van der Waals surface area contributed by atoms with E-state index in [0.29, 0.717) is 12.3 Å². The van der Waals surface area contributed by atoms with E-state index >= 15 is 0 Å². The summed E-state index contributed by atoms with van der Waals surface area (Å²) in [6, 6.07) is 7.15. The van der Waals surface area contributed by atoms with Crippen molar-refractivity contribution in [2.24, 2.45) is 0 Å². The maximum absolute atomic E-state index is 11.8. The minimum atomic E-state index is -0.310. The van der Waals surface area contributed by atoms with Crippen LogP contribution in [-0.4, -0.2) is 16.9 Å². The molecule has 1 amide bonds. The molecule has 2 aromatic rings. The van der Waals surface area contributed by atoms with Crippen molar-refractivity contribution in [3.8, 4) is 0 Å². The molecule has 0 bridgehead atoms. The number of pyridine rings is 1. The van der Waals surface area contributed by atoms with Gasteiger partial charge in [0.2, 0.25) is 11.8 Å². The van der Waals surface area contributed by atoms with Crippen LogP contribution in [0.25, 0.3) is 0 Å². The highest BCUT2D eigenvalue weighted by molar-refractivity contribution is 6.01. The fraction of sp³-hybridized carbons (Fsp3) is 0.167. The van der Waals surface area contributed by atoms with Gasteiger partial charge in [-0.1, -0.05) is 6.07 Å². The van der Waals surface area contributed by atoms with E-state index in [0.717, 1.165) is 11.4 Å². The van der Waals surface area contributed by atoms with E-state index in [-0.39, 0.29) is 11.9 Å². The van der Waals surface area contributed by atoms with Crippen molar-refractivity contribution < 1.29 is 9.21 Å². The van der Waals surface area contributed by atoms with Gasteiger partial charge in [0.1, 0.15) is 6.04 Å². The molecular weight excluding hydrogens is 218 g/mol. The van der Waals surface area contributed by atoms with E-state index in [9.17, 15) is 4.79 Å². The molecule has 5 nitrogen and oxygen atoms in total. The average molecular weight is 229 g/mol. The molecule has 17 heavy (non-hydrogen) atoms. The predicted molar refractivity (Wildman–Crippen MR) is 62.7 cm³/mol. The van der Waals surface area contributed by atoms with E-state index in [4.69, 9.17) is 4.42 Å². The van der Waals surface area contributed by atoms with Gasteiger partial charge in [-0.2, -0.15) is 0 Å². The van der Waals surface area contributed by atoms with E-state index in [2.05, 4.69) is 15.6 Å². The summed E-state index contributed by atoms with van der Waals surface area (Å²) in [4.78, 5) is 16.0. The number of carbonyl (C=O) groups excluding carboxylic acids is 1. The lowest BCUT2D eigenvalue weighted by atomic mass is 10.1. The molecule has 1 atom stereocenters. The number of furan rings is 1. The highest BCUT2D eigenvalue weighted by Crippen LogP contribution is 2.28. The van der Waals surface area contributed by atoms with Crippen LogP contribution in [0.3, 0.4) is 0 Å². The summed E-state index contributed by atoms with van der Waals surface area (Å²) in [6.45, 7) is 0. The molecule has 5 heteroatoms. The van der Waals surface area contributed by atoms with E-state index < -0.39 is 0 Å². The van der Waals surface area contributed by atoms with Gasteiger partial charge in [0.25, 0.3) is 0 Å². The fourth-order valence-corrected chi connectivity index (χ4v) is 1.84. The molecule has 2 aromatic heterocycles. The van der Waals surface area contributed by atoms with Gasteiger partial charge in [-0.3, -0.25) is 15.1 Å². The molecule has 0 saturated heterocycles. The monoisotopic (exact) mass is 229 g/mol. The minimum Gasteiger partial charge on any atom is -0.446 e. The molecule has 1 unspecified atom stereocenters. The largest absolute Gasteiger partial charge is 0.446 e. The summed E-state index contributed by atoms with van der Waals surface area (Å²) in [5, 5.41) is 5.84. The highest BCUT2D eigenvalue weighted by Gasteiger charge is 2.27. The van der Waals surface area contributed by atoms with E-state index in [1.165, 1.54) is 0 Å². The van der Waals surface area contributed by atoms with E-state index in [1.54, 1.807) is 18.5 Å². The van der Waals surface area contributed by atoms with Crippen LogP contribution in [0, 0.1) is 0 Å². The zero-order valence-corrected chi connectivity index (χ0v) is 9.01. The molecule has 0 saturated carbocycles. The van der Waals surface area contributed by atoms with Crippen molar-refractivity contribution in [2.45, 2.75) is 12.5 Å². The Morgan fingerprint density at radius 3 is 3.12 bits per heavy atom. The van der Waals surface area contributed by atoms with Crippen LogP contribution in [0.4, 0.5) is 11.6 Å². The summed E-state index contributed by atoms with van der Waals surface area (Å²) in [5.74, 6) is 0.380. The van der Waals surface area contributed by atoms with Gasteiger partial charge < -0.3 is 9.73 Å². The Morgan fingerprint density at radius 1 is 1.35 bits per heavy atom. The van der Waals surface area contributed by atoms with Crippen molar-refractivity contribution in [3.05, 3.63) is 42.4 Å². The molecule has 1 aliphatic rings. The van der Waals surface area contributed by atoms with Crippen LogP contribution in [0.15, 0.2) is 41.1 Å². The Balaban J connectivity index is 1.79. The first kappa shape index (κ1) is 9.89. The number of fused-ring (bicyclic) bond motifs is 1. The van der Waals surface area contributed by atoms with Gasteiger partial charge in [-0.05, 0) is 12.1 Å². The number of hydrogen-bond acceptors (Lipinski definition) is 4. The second kappa shape index (κ2) is 3.93. The number of aromatic nitrogens is 1. The summed E-state index contributed by atoms with van der Waals surface area (Å²) >= 11 is 0. The topological polar surface area (TPSA) is 67.2 Å². The van der Waals surface area contributed by atoms with Crippen molar-refractivity contribution in [2.75, 3.05) is 10.6 Å². The first-order chi connectivity index (χ1) is 8.33. The fourth-order valence-electron chi connectivity index (χ4n) is 1.84. The summed E-state index contributed by atoms with van der Waals surface area (Å²) in [7, 11) is 0. The molecule has 0 aliphatic carbocycles. The van der Waals surface area contributed by atoms with Crippen molar-refractivity contribution in [1.29, 1.82) is 0 Å². The number of rotatable bonds is 2. The Morgan fingerprint density at radius 2 is 2.29 bits per heavy atom. The Kier molecular flexibility index (Phi) is 2.29. The Bertz CT molecular complexity index is 536. The molecule has 86 valence electrons. The second-order valence-electron chi connectivity index (χ2n) is 3.87. The maximum atomic E-state index is 11.8. The van der Waals surface area contributed by atoms with Crippen LogP contribution < -0.4 is 10.6 Å². The number of amides is 1. The standard InChI is InChI=1S/C12H11N3O2/c16-11-10(7-8-3-1-2-5-13-8)14-9-4-6-17-12(9)15-11/h1-6,10,14H,7H2,(H,15,16). The van der Waals surface area contributed by atoms with Gasteiger partial charge in [-0.25, -0.2) is 0 Å². The Labute approximate surface area is 97.9 Å². The van der Waals surface area contributed by atoms with Gasteiger partial charge in [0, 0.05) is 24.4 Å². The van der Waals surface area contributed by atoms with Crippen molar-refractivity contribution in [1.82, 2.24) is 4.98 Å². The highest BCUT2D eigenvalue weighted by atomic mass is 16.3. The zero-order chi connectivity index (χ0) is 11.7. The van der Waals surface area contributed by atoms with Gasteiger partial charge in [0.05, 0.1) is 12.0 Å². The van der Waals surface area contributed by atoms with Crippen LogP contribution in [0.5, 0.6) is 0 Å². The Hall–Kier alpha value is -2.30. The van der Waals surface area contributed by atoms with Gasteiger partial charge in [0.15, 0.2) is 0 Å². The smallest absolute Gasteiger partial charge is 0.249 e. The van der Waals surface area contributed by atoms with Crippen molar-refractivity contribution in [3.63, 3.8) is 0 Å². The quantitative estimate of drug-likeness (QED) is 0.821. The SMILES string of the molecule is O=C1Nc2occc2NC1Cc1ccccn1. The number of carbonyl (C=O) groups is 1. The zero-order valence-electron chi connectivity index (χ0n) is 9.01. The minimum absolute atomic E-state index is 0.0990.